The second-order valence-corrected chi connectivity index (χ2v) is 4.76. The van der Waals surface area contributed by atoms with Crippen molar-refractivity contribution >= 4 is 24.4 Å². The van der Waals surface area contributed by atoms with Crippen molar-refractivity contribution < 1.29 is 14.3 Å². The lowest BCUT2D eigenvalue weighted by molar-refractivity contribution is -0.149. The Bertz CT molecular complexity index is 471. The maximum atomic E-state index is 12.2. The summed E-state index contributed by atoms with van der Waals surface area (Å²) in [5, 5.41) is 0. The number of amides is 2. The largest absolute Gasteiger partial charge is 0.468 e. The Morgan fingerprint density at radius 2 is 1.75 bits per heavy atom. The van der Waals surface area contributed by atoms with Crippen molar-refractivity contribution in [2.24, 2.45) is 5.73 Å². The first-order valence-electron chi connectivity index (χ1n) is 6.28. The van der Waals surface area contributed by atoms with Crippen LogP contribution in [0.4, 0.5) is 4.79 Å². The number of piperidine rings is 1. The summed E-state index contributed by atoms with van der Waals surface area (Å²) in [7, 11) is 1.40. The summed E-state index contributed by atoms with van der Waals surface area (Å²) in [5.74, 6) is -0.247. The smallest absolute Gasteiger partial charge is 0.316 e. The molecule has 2 N–H and O–H groups in total. The van der Waals surface area contributed by atoms with Gasteiger partial charge in [-0.15, -0.1) is 12.4 Å². The van der Waals surface area contributed by atoms with Crippen LogP contribution in [0.2, 0.25) is 0 Å². The van der Waals surface area contributed by atoms with Crippen LogP contribution in [0.1, 0.15) is 18.4 Å². The van der Waals surface area contributed by atoms with Crippen LogP contribution in [0, 0.1) is 0 Å². The lowest BCUT2D eigenvalue weighted by Crippen LogP contribution is -2.50. The number of halogens is 1. The molecule has 2 rings (SSSR count). The van der Waals surface area contributed by atoms with Gasteiger partial charge < -0.3 is 15.4 Å². The average Bonchev–Trinajstić information content (AvgIpc) is 2.47. The van der Waals surface area contributed by atoms with E-state index in [0.29, 0.717) is 25.9 Å². The number of hydrogen-bond donors (Lipinski definition) is 1. The van der Waals surface area contributed by atoms with Gasteiger partial charge in [0.1, 0.15) is 0 Å². The number of carbonyl (C=O) groups is 2. The van der Waals surface area contributed by atoms with Gasteiger partial charge in [-0.25, -0.2) is 4.79 Å². The van der Waals surface area contributed by atoms with Crippen LogP contribution >= 0.6 is 12.4 Å². The molecule has 20 heavy (non-hydrogen) atoms. The number of urea groups is 1. The molecule has 0 unspecified atom stereocenters. The fraction of sp³-hybridized carbons (Fsp3) is 0.429. The van der Waals surface area contributed by atoms with E-state index in [2.05, 4.69) is 0 Å². The Hall–Kier alpha value is -1.75. The molecule has 0 atom stereocenters. The van der Waals surface area contributed by atoms with E-state index in [4.69, 9.17) is 10.5 Å². The highest BCUT2D eigenvalue weighted by Gasteiger charge is 2.44. The molecular formula is C14H19ClN2O3. The van der Waals surface area contributed by atoms with Gasteiger partial charge >= 0.3 is 12.0 Å². The van der Waals surface area contributed by atoms with Crippen molar-refractivity contribution in [2.75, 3.05) is 20.2 Å². The molecule has 1 aromatic carbocycles. The van der Waals surface area contributed by atoms with Crippen LogP contribution in [0.5, 0.6) is 0 Å². The molecular weight excluding hydrogens is 280 g/mol. The Kier molecular flexibility index (Phi) is 5.39. The van der Waals surface area contributed by atoms with E-state index in [-0.39, 0.29) is 18.4 Å². The van der Waals surface area contributed by atoms with E-state index in [1.54, 1.807) is 4.90 Å². The lowest BCUT2D eigenvalue weighted by atomic mass is 9.73. The molecule has 110 valence electrons. The molecule has 0 radical (unpaired) electrons. The van der Waals surface area contributed by atoms with Crippen LogP contribution in [0.3, 0.4) is 0 Å². The van der Waals surface area contributed by atoms with Crippen LogP contribution in [0.15, 0.2) is 30.3 Å². The molecule has 0 aliphatic carbocycles. The Morgan fingerprint density at radius 3 is 2.20 bits per heavy atom. The minimum absolute atomic E-state index is 0. The van der Waals surface area contributed by atoms with Crippen molar-refractivity contribution in [2.45, 2.75) is 18.3 Å². The maximum Gasteiger partial charge on any atom is 0.316 e. The SMILES string of the molecule is COC(=O)C1(c2ccccc2)CCN(C(N)=O)CC1.Cl. The van der Waals surface area contributed by atoms with Gasteiger partial charge in [0.2, 0.25) is 0 Å². The molecule has 1 aliphatic rings. The van der Waals surface area contributed by atoms with Crippen molar-refractivity contribution in [3.8, 4) is 0 Å². The van der Waals surface area contributed by atoms with Gasteiger partial charge in [0.05, 0.1) is 12.5 Å². The number of ether oxygens (including phenoxy) is 1. The molecule has 1 aliphatic heterocycles. The zero-order chi connectivity index (χ0) is 13.9. The summed E-state index contributed by atoms with van der Waals surface area (Å²) >= 11 is 0. The second kappa shape index (κ2) is 6.61. The number of primary amides is 1. The zero-order valence-electron chi connectivity index (χ0n) is 11.4. The fourth-order valence-corrected chi connectivity index (χ4v) is 2.67. The minimum atomic E-state index is -0.665. The Labute approximate surface area is 124 Å². The van der Waals surface area contributed by atoms with Gasteiger partial charge in [0.15, 0.2) is 0 Å². The Morgan fingerprint density at radius 1 is 1.20 bits per heavy atom. The molecule has 1 saturated heterocycles. The van der Waals surface area contributed by atoms with Crippen LogP contribution < -0.4 is 5.73 Å². The van der Waals surface area contributed by atoms with E-state index in [9.17, 15) is 9.59 Å². The van der Waals surface area contributed by atoms with Gasteiger partial charge in [0.25, 0.3) is 0 Å². The van der Waals surface area contributed by atoms with Crippen molar-refractivity contribution in [1.29, 1.82) is 0 Å². The maximum absolute atomic E-state index is 12.2. The molecule has 0 aromatic heterocycles. The summed E-state index contributed by atoms with van der Waals surface area (Å²) in [6, 6.07) is 9.13. The van der Waals surface area contributed by atoms with Gasteiger partial charge in [0, 0.05) is 13.1 Å². The summed E-state index contributed by atoms with van der Waals surface area (Å²) in [6.07, 6.45) is 1.07. The first-order chi connectivity index (χ1) is 9.10. The van der Waals surface area contributed by atoms with Crippen molar-refractivity contribution in [3.05, 3.63) is 35.9 Å². The lowest BCUT2D eigenvalue weighted by Gasteiger charge is -2.39. The topological polar surface area (TPSA) is 72.6 Å². The van der Waals surface area contributed by atoms with E-state index in [0.717, 1.165) is 5.56 Å². The number of nitrogens with two attached hydrogens (primary N) is 1. The van der Waals surface area contributed by atoms with Gasteiger partial charge in [-0.05, 0) is 18.4 Å². The molecule has 6 heteroatoms. The first kappa shape index (κ1) is 16.3. The molecule has 1 heterocycles. The number of methoxy groups -OCH3 is 1. The number of hydrogen-bond acceptors (Lipinski definition) is 3. The van der Waals surface area contributed by atoms with Crippen molar-refractivity contribution in [3.63, 3.8) is 0 Å². The average molecular weight is 299 g/mol. The molecule has 0 bridgehead atoms. The summed E-state index contributed by atoms with van der Waals surface area (Å²) < 4.78 is 4.97. The second-order valence-electron chi connectivity index (χ2n) is 4.76. The predicted molar refractivity (Wildman–Crippen MR) is 77.8 cm³/mol. The predicted octanol–water partition coefficient (Wildman–Crippen LogP) is 1.69. The third kappa shape index (κ3) is 2.88. The highest BCUT2D eigenvalue weighted by atomic mass is 35.5. The van der Waals surface area contributed by atoms with Gasteiger partial charge in [-0.1, -0.05) is 30.3 Å². The number of nitrogens with zero attached hydrogens (tertiary/aromatic N) is 1. The van der Waals surface area contributed by atoms with Gasteiger partial charge in [-0.2, -0.15) is 0 Å². The molecule has 0 saturated carbocycles. The third-order valence-electron chi connectivity index (χ3n) is 3.83. The van der Waals surface area contributed by atoms with Crippen LogP contribution in [-0.2, 0) is 14.9 Å². The van der Waals surface area contributed by atoms with Gasteiger partial charge in [-0.3, -0.25) is 4.79 Å². The van der Waals surface area contributed by atoms with E-state index in [1.165, 1.54) is 7.11 Å². The summed E-state index contributed by atoms with van der Waals surface area (Å²) in [5.41, 5.74) is 5.55. The van der Waals surface area contributed by atoms with Crippen molar-refractivity contribution in [1.82, 2.24) is 4.90 Å². The normalized spacial score (nSPS) is 16.9. The minimum Gasteiger partial charge on any atom is -0.468 e. The number of esters is 1. The molecule has 2 amide bonds. The van der Waals surface area contributed by atoms with E-state index < -0.39 is 11.4 Å². The monoisotopic (exact) mass is 298 g/mol. The fourth-order valence-electron chi connectivity index (χ4n) is 2.67. The number of rotatable bonds is 2. The first-order valence-corrected chi connectivity index (χ1v) is 6.28. The number of benzene rings is 1. The molecule has 1 fully saturated rings. The Balaban J connectivity index is 0.00000200. The zero-order valence-corrected chi connectivity index (χ0v) is 12.2. The highest BCUT2D eigenvalue weighted by molar-refractivity contribution is 5.85. The number of carbonyl (C=O) groups excluding carboxylic acids is 2. The molecule has 1 aromatic rings. The standard InChI is InChI=1S/C14H18N2O3.ClH/c1-19-12(17)14(11-5-3-2-4-6-11)7-9-16(10-8-14)13(15)18;/h2-6H,7-10H2,1H3,(H2,15,18);1H. The molecule has 0 spiro atoms. The summed E-state index contributed by atoms with van der Waals surface area (Å²) in [4.78, 5) is 24.9. The van der Waals surface area contributed by atoms with Crippen LogP contribution in [-0.4, -0.2) is 37.1 Å². The quantitative estimate of drug-likeness (QED) is 0.845. The van der Waals surface area contributed by atoms with E-state index in [1.807, 2.05) is 30.3 Å². The third-order valence-corrected chi connectivity index (χ3v) is 3.83. The van der Waals surface area contributed by atoms with E-state index >= 15 is 0 Å². The van der Waals surface area contributed by atoms with Crippen LogP contribution in [0.25, 0.3) is 0 Å². The molecule has 5 nitrogen and oxygen atoms in total. The highest BCUT2D eigenvalue weighted by Crippen LogP contribution is 2.36. The summed E-state index contributed by atoms with van der Waals surface area (Å²) in [6.45, 7) is 0.943. The number of likely N-dealkylation sites (tertiary alicyclic amines) is 1.